The third-order valence-electron chi connectivity index (χ3n) is 4.55. The molecule has 1 amide bonds. The number of aliphatic hydroxyl groups is 1. The Labute approximate surface area is 116 Å². The number of rotatable bonds is 3. The predicted octanol–water partition coefficient (Wildman–Crippen LogP) is 1.20. The number of nitrogens with zero attached hydrogens (tertiary/aromatic N) is 2. The topological polar surface area (TPSA) is 43.8 Å². The van der Waals surface area contributed by atoms with Gasteiger partial charge in [-0.3, -0.25) is 9.69 Å². The number of aliphatic hydroxyl groups excluding tert-OH is 1. The van der Waals surface area contributed by atoms with Gasteiger partial charge in [-0.1, -0.05) is 13.8 Å². The van der Waals surface area contributed by atoms with Crippen LogP contribution in [0, 0.1) is 17.8 Å². The summed E-state index contributed by atoms with van der Waals surface area (Å²) in [4.78, 5) is 16.6. The molecule has 2 unspecified atom stereocenters. The molecule has 2 fully saturated rings. The Morgan fingerprint density at radius 2 is 1.74 bits per heavy atom. The van der Waals surface area contributed by atoms with Gasteiger partial charge in [0.25, 0.3) is 0 Å². The molecule has 2 saturated heterocycles. The van der Waals surface area contributed by atoms with E-state index in [0.717, 1.165) is 39.0 Å². The Hall–Kier alpha value is -0.610. The largest absolute Gasteiger partial charge is 0.396 e. The molecule has 1 N–H and O–H groups in total. The lowest BCUT2D eigenvalue weighted by Crippen LogP contribution is -2.48. The smallest absolute Gasteiger partial charge is 0.236 e. The van der Waals surface area contributed by atoms with E-state index in [1.807, 2.05) is 0 Å². The zero-order valence-corrected chi connectivity index (χ0v) is 12.3. The molecule has 2 aliphatic rings. The van der Waals surface area contributed by atoms with E-state index in [0.29, 0.717) is 36.8 Å². The molecule has 0 aromatic carbocycles. The van der Waals surface area contributed by atoms with E-state index in [4.69, 9.17) is 5.11 Å². The van der Waals surface area contributed by atoms with Crippen molar-refractivity contribution in [2.24, 2.45) is 17.8 Å². The van der Waals surface area contributed by atoms with Gasteiger partial charge in [0, 0.05) is 19.7 Å². The van der Waals surface area contributed by atoms with Crippen molar-refractivity contribution in [3.8, 4) is 0 Å². The van der Waals surface area contributed by atoms with Crippen LogP contribution in [0.15, 0.2) is 0 Å². The van der Waals surface area contributed by atoms with Crippen LogP contribution in [0.4, 0.5) is 0 Å². The van der Waals surface area contributed by atoms with Crippen molar-refractivity contribution >= 4 is 5.91 Å². The highest BCUT2D eigenvalue weighted by Gasteiger charge is 2.27. The maximum absolute atomic E-state index is 12.3. The number of hydrogen-bond donors (Lipinski definition) is 1. The summed E-state index contributed by atoms with van der Waals surface area (Å²) in [6.45, 7) is 9.10. The zero-order chi connectivity index (χ0) is 13.8. The van der Waals surface area contributed by atoms with Gasteiger partial charge in [-0.15, -0.1) is 0 Å². The van der Waals surface area contributed by atoms with Gasteiger partial charge in [-0.25, -0.2) is 0 Å². The van der Waals surface area contributed by atoms with Gasteiger partial charge >= 0.3 is 0 Å². The second-order valence-electron chi connectivity index (χ2n) is 6.65. The second kappa shape index (κ2) is 6.71. The number of amides is 1. The highest BCUT2D eigenvalue weighted by Crippen LogP contribution is 2.22. The van der Waals surface area contributed by atoms with Crippen molar-refractivity contribution in [1.82, 2.24) is 9.80 Å². The molecule has 19 heavy (non-hydrogen) atoms. The monoisotopic (exact) mass is 268 g/mol. The highest BCUT2D eigenvalue weighted by molar-refractivity contribution is 5.78. The molecule has 2 atom stereocenters. The molecule has 0 spiro atoms. The molecular formula is C15H28N2O2. The van der Waals surface area contributed by atoms with Crippen molar-refractivity contribution in [2.45, 2.75) is 33.1 Å². The molecule has 0 aromatic heterocycles. The maximum Gasteiger partial charge on any atom is 0.236 e. The molecule has 0 aromatic rings. The van der Waals surface area contributed by atoms with Gasteiger partial charge in [-0.05, 0) is 50.1 Å². The van der Waals surface area contributed by atoms with E-state index < -0.39 is 0 Å². The first-order chi connectivity index (χ1) is 9.08. The Balaban J connectivity index is 1.78. The lowest BCUT2D eigenvalue weighted by Gasteiger charge is -2.37. The van der Waals surface area contributed by atoms with Crippen molar-refractivity contribution in [1.29, 1.82) is 0 Å². The summed E-state index contributed by atoms with van der Waals surface area (Å²) in [6, 6.07) is 0. The number of carbonyl (C=O) groups is 1. The molecule has 0 saturated carbocycles. The summed E-state index contributed by atoms with van der Waals surface area (Å²) in [7, 11) is 0. The number of piperidine rings is 2. The van der Waals surface area contributed by atoms with Crippen molar-refractivity contribution in [2.75, 3.05) is 39.3 Å². The first kappa shape index (κ1) is 14.8. The Morgan fingerprint density at radius 1 is 1.16 bits per heavy atom. The number of carbonyl (C=O) groups excluding carboxylic acids is 1. The molecule has 0 bridgehead atoms. The second-order valence-corrected chi connectivity index (χ2v) is 6.65. The van der Waals surface area contributed by atoms with Crippen LogP contribution in [0.5, 0.6) is 0 Å². The summed E-state index contributed by atoms with van der Waals surface area (Å²) in [5.74, 6) is 2.00. The minimum atomic E-state index is 0.292. The molecule has 2 heterocycles. The standard InChI is InChI=1S/C15H28N2O2/c1-12-7-13(2)9-17(8-12)15(19)10-16-5-3-14(11-18)4-6-16/h12-14,18H,3-11H2,1-2H3. The van der Waals surface area contributed by atoms with Gasteiger partial charge in [0.1, 0.15) is 0 Å². The Kier molecular flexibility index (Phi) is 5.22. The Morgan fingerprint density at radius 3 is 2.26 bits per heavy atom. The van der Waals surface area contributed by atoms with E-state index in [9.17, 15) is 4.79 Å². The summed E-state index contributed by atoms with van der Waals surface area (Å²) in [6.07, 6.45) is 3.29. The minimum Gasteiger partial charge on any atom is -0.396 e. The lowest BCUT2D eigenvalue weighted by atomic mass is 9.92. The maximum atomic E-state index is 12.3. The minimum absolute atomic E-state index is 0.292. The predicted molar refractivity (Wildman–Crippen MR) is 75.8 cm³/mol. The first-order valence-electron chi connectivity index (χ1n) is 7.69. The van der Waals surface area contributed by atoms with Gasteiger partial charge < -0.3 is 10.0 Å². The summed E-state index contributed by atoms with van der Waals surface area (Å²) in [5, 5.41) is 9.13. The SMILES string of the molecule is CC1CC(C)CN(C(=O)CN2CCC(CO)CC2)C1. The van der Waals surface area contributed by atoms with E-state index in [-0.39, 0.29) is 0 Å². The van der Waals surface area contributed by atoms with Gasteiger partial charge in [-0.2, -0.15) is 0 Å². The molecule has 2 aliphatic heterocycles. The molecule has 0 radical (unpaired) electrons. The van der Waals surface area contributed by atoms with Crippen molar-refractivity contribution in [3.63, 3.8) is 0 Å². The van der Waals surface area contributed by atoms with Crippen LogP contribution in [0.2, 0.25) is 0 Å². The van der Waals surface area contributed by atoms with Crippen LogP contribution in [0.1, 0.15) is 33.1 Å². The van der Waals surface area contributed by atoms with E-state index >= 15 is 0 Å². The third kappa shape index (κ3) is 4.18. The van der Waals surface area contributed by atoms with Gasteiger partial charge in [0.15, 0.2) is 0 Å². The van der Waals surface area contributed by atoms with Crippen LogP contribution in [0.25, 0.3) is 0 Å². The van der Waals surface area contributed by atoms with Crippen molar-refractivity contribution < 1.29 is 9.90 Å². The van der Waals surface area contributed by atoms with Gasteiger partial charge in [0.05, 0.1) is 6.54 Å². The number of likely N-dealkylation sites (tertiary alicyclic amines) is 2. The third-order valence-corrected chi connectivity index (χ3v) is 4.55. The fourth-order valence-electron chi connectivity index (χ4n) is 3.48. The van der Waals surface area contributed by atoms with Gasteiger partial charge in [0.2, 0.25) is 5.91 Å². The van der Waals surface area contributed by atoms with Crippen LogP contribution in [0.3, 0.4) is 0 Å². The average molecular weight is 268 g/mol. The average Bonchev–Trinajstić information content (AvgIpc) is 2.38. The van der Waals surface area contributed by atoms with E-state index in [1.165, 1.54) is 6.42 Å². The molecular weight excluding hydrogens is 240 g/mol. The quantitative estimate of drug-likeness (QED) is 0.836. The van der Waals surface area contributed by atoms with Crippen molar-refractivity contribution in [3.05, 3.63) is 0 Å². The molecule has 4 heteroatoms. The molecule has 4 nitrogen and oxygen atoms in total. The molecule has 2 rings (SSSR count). The van der Waals surface area contributed by atoms with E-state index in [2.05, 4.69) is 23.6 Å². The van der Waals surface area contributed by atoms with E-state index in [1.54, 1.807) is 0 Å². The van der Waals surface area contributed by atoms with Crippen LogP contribution >= 0.6 is 0 Å². The normalized spacial score (nSPS) is 30.6. The first-order valence-corrected chi connectivity index (χ1v) is 7.69. The highest BCUT2D eigenvalue weighted by atomic mass is 16.3. The molecule has 0 aliphatic carbocycles. The molecule has 110 valence electrons. The lowest BCUT2D eigenvalue weighted by molar-refractivity contribution is -0.135. The van der Waals surface area contributed by atoms with Crippen LogP contribution in [-0.4, -0.2) is 60.1 Å². The summed E-state index contributed by atoms with van der Waals surface area (Å²) in [5.41, 5.74) is 0. The fourth-order valence-corrected chi connectivity index (χ4v) is 3.48. The zero-order valence-electron chi connectivity index (χ0n) is 12.3. The van der Waals surface area contributed by atoms with Crippen LogP contribution in [-0.2, 0) is 4.79 Å². The van der Waals surface area contributed by atoms with Crippen LogP contribution < -0.4 is 0 Å². The Bertz CT molecular complexity index is 291. The fraction of sp³-hybridized carbons (Fsp3) is 0.933. The summed E-state index contributed by atoms with van der Waals surface area (Å²) < 4.78 is 0. The summed E-state index contributed by atoms with van der Waals surface area (Å²) >= 11 is 0. The number of hydrogen-bond acceptors (Lipinski definition) is 3.